The molecule has 2 heterocycles. The van der Waals surface area contributed by atoms with Gasteiger partial charge in [0.1, 0.15) is 11.7 Å². The maximum atomic E-state index is 11.7. The second-order valence-corrected chi connectivity index (χ2v) is 8.61. The molecule has 0 radical (unpaired) electrons. The molecule has 2 bridgehead atoms. The van der Waals surface area contributed by atoms with Gasteiger partial charge in [-0.3, -0.25) is 4.79 Å². The van der Waals surface area contributed by atoms with Crippen molar-refractivity contribution in [3.63, 3.8) is 0 Å². The average Bonchev–Trinajstić information content (AvgIpc) is 2.88. The van der Waals surface area contributed by atoms with Crippen molar-refractivity contribution in [1.29, 1.82) is 0 Å². The summed E-state index contributed by atoms with van der Waals surface area (Å²) in [4.78, 5) is 11.7. The molecular formula is C22H36O3. The number of carbonyl (C=O) groups is 1. The number of ether oxygens (including phenoxy) is 2. The fraction of sp³-hybridized carbons (Fsp3) is 0.773. The molecule has 0 saturated carbocycles. The highest BCUT2D eigenvalue weighted by Crippen LogP contribution is 2.48. The highest BCUT2D eigenvalue weighted by Gasteiger charge is 2.52. The number of esters is 1. The van der Waals surface area contributed by atoms with Crippen LogP contribution in [0.4, 0.5) is 0 Å². The summed E-state index contributed by atoms with van der Waals surface area (Å²) >= 11 is 0. The number of allylic oxidation sites excluding steroid dienone is 3. The molecule has 3 nitrogen and oxygen atoms in total. The Morgan fingerprint density at radius 3 is 2.52 bits per heavy atom. The Balaban J connectivity index is 2.35. The van der Waals surface area contributed by atoms with Crippen LogP contribution in [0, 0.1) is 5.92 Å². The summed E-state index contributed by atoms with van der Waals surface area (Å²) < 4.78 is 12.5. The van der Waals surface area contributed by atoms with Crippen molar-refractivity contribution >= 4 is 5.97 Å². The van der Waals surface area contributed by atoms with Crippen LogP contribution in [-0.2, 0) is 14.3 Å². The molecule has 3 atom stereocenters. The van der Waals surface area contributed by atoms with E-state index in [1.807, 2.05) is 0 Å². The third kappa shape index (κ3) is 4.97. The molecule has 0 aromatic heterocycles. The molecule has 0 N–H and O–H groups in total. The van der Waals surface area contributed by atoms with Gasteiger partial charge in [-0.15, -0.1) is 0 Å². The van der Waals surface area contributed by atoms with Gasteiger partial charge in [0.25, 0.3) is 0 Å². The average molecular weight is 349 g/mol. The maximum absolute atomic E-state index is 11.7. The Bertz CT molecular complexity index is 545. The van der Waals surface area contributed by atoms with Crippen LogP contribution in [0.2, 0.25) is 0 Å². The zero-order valence-electron chi connectivity index (χ0n) is 17.0. The zero-order valence-corrected chi connectivity index (χ0v) is 17.0. The molecule has 142 valence electrons. The first kappa shape index (κ1) is 20.2. The SMILES string of the molecule is CC(=O)OC1CC/C(C)=C\CC/C(C)=C/CC2(C(C)C)CCC1(C)O2. The van der Waals surface area contributed by atoms with Crippen molar-refractivity contribution < 1.29 is 14.3 Å². The van der Waals surface area contributed by atoms with Gasteiger partial charge in [0, 0.05) is 6.92 Å². The maximum Gasteiger partial charge on any atom is 0.303 e. The van der Waals surface area contributed by atoms with E-state index in [1.165, 1.54) is 18.1 Å². The van der Waals surface area contributed by atoms with Crippen LogP contribution < -0.4 is 0 Å². The molecule has 3 unspecified atom stereocenters. The quantitative estimate of drug-likeness (QED) is 0.471. The van der Waals surface area contributed by atoms with E-state index in [1.54, 1.807) is 0 Å². The lowest BCUT2D eigenvalue weighted by atomic mass is 9.82. The van der Waals surface area contributed by atoms with Crippen molar-refractivity contribution in [2.75, 3.05) is 0 Å². The highest BCUT2D eigenvalue weighted by molar-refractivity contribution is 5.66. The van der Waals surface area contributed by atoms with E-state index >= 15 is 0 Å². The minimum Gasteiger partial charge on any atom is -0.459 e. The van der Waals surface area contributed by atoms with Gasteiger partial charge in [-0.2, -0.15) is 0 Å². The van der Waals surface area contributed by atoms with E-state index in [0.717, 1.165) is 44.9 Å². The topological polar surface area (TPSA) is 35.5 Å². The van der Waals surface area contributed by atoms with Gasteiger partial charge in [0.2, 0.25) is 0 Å². The number of fused-ring (bicyclic) bond motifs is 2. The minimum atomic E-state index is -0.397. The lowest BCUT2D eigenvalue weighted by Gasteiger charge is -2.39. The molecule has 2 rings (SSSR count). The summed E-state index contributed by atoms with van der Waals surface area (Å²) in [5.74, 6) is 0.222. The molecular weight excluding hydrogens is 312 g/mol. The van der Waals surface area contributed by atoms with Gasteiger partial charge in [-0.25, -0.2) is 0 Å². The molecule has 1 saturated heterocycles. The first-order valence-electron chi connectivity index (χ1n) is 9.85. The van der Waals surface area contributed by atoms with Crippen LogP contribution in [0.5, 0.6) is 0 Å². The smallest absolute Gasteiger partial charge is 0.303 e. The Hall–Kier alpha value is -1.09. The van der Waals surface area contributed by atoms with E-state index in [9.17, 15) is 4.79 Å². The number of hydrogen-bond donors (Lipinski definition) is 0. The van der Waals surface area contributed by atoms with Gasteiger partial charge in [0.15, 0.2) is 0 Å². The van der Waals surface area contributed by atoms with Crippen LogP contribution in [0.25, 0.3) is 0 Å². The molecule has 0 aromatic rings. The molecule has 0 aromatic carbocycles. The Labute approximate surface area is 153 Å². The largest absolute Gasteiger partial charge is 0.459 e. The van der Waals surface area contributed by atoms with E-state index in [-0.39, 0.29) is 17.7 Å². The second kappa shape index (κ2) is 8.07. The van der Waals surface area contributed by atoms with Crippen LogP contribution in [0.15, 0.2) is 23.3 Å². The van der Waals surface area contributed by atoms with Gasteiger partial charge in [-0.1, -0.05) is 37.1 Å². The van der Waals surface area contributed by atoms with E-state index in [0.29, 0.717) is 5.92 Å². The summed E-state index contributed by atoms with van der Waals surface area (Å²) in [6, 6.07) is 0. The first-order chi connectivity index (χ1) is 11.7. The predicted molar refractivity (Wildman–Crippen MR) is 102 cm³/mol. The number of rotatable bonds is 2. The van der Waals surface area contributed by atoms with Crippen LogP contribution in [0.1, 0.15) is 86.5 Å². The standard InChI is InChI=1S/C22H36O3/c1-16(2)22-13-12-18(4)9-7-8-17(3)10-11-20(24-19(5)23)21(6,25-22)14-15-22/h8,12,16,20H,7,9-11,13-15H2,1-6H3/b17-8-,18-12+. The molecule has 0 spiro atoms. The fourth-order valence-electron chi connectivity index (χ4n) is 4.18. The fourth-order valence-corrected chi connectivity index (χ4v) is 4.18. The van der Waals surface area contributed by atoms with Gasteiger partial charge >= 0.3 is 5.97 Å². The predicted octanol–water partition coefficient (Wildman–Crippen LogP) is 5.74. The van der Waals surface area contributed by atoms with Gasteiger partial charge in [-0.05, 0) is 71.6 Å². The molecule has 25 heavy (non-hydrogen) atoms. The Morgan fingerprint density at radius 2 is 1.88 bits per heavy atom. The molecule has 0 amide bonds. The Kier molecular flexibility index (Phi) is 6.53. The highest BCUT2D eigenvalue weighted by atomic mass is 16.6. The summed E-state index contributed by atoms with van der Waals surface area (Å²) in [6.07, 6.45) is 11.4. The first-order valence-corrected chi connectivity index (χ1v) is 9.85. The van der Waals surface area contributed by atoms with E-state index in [4.69, 9.17) is 9.47 Å². The molecule has 2 aliphatic heterocycles. The minimum absolute atomic E-state index is 0.148. The summed E-state index contributed by atoms with van der Waals surface area (Å²) in [5, 5.41) is 0. The third-order valence-electron chi connectivity index (χ3n) is 6.15. The number of carbonyl (C=O) groups excluding carboxylic acids is 1. The van der Waals surface area contributed by atoms with E-state index in [2.05, 4.69) is 46.8 Å². The molecule has 3 heteroatoms. The lowest BCUT2D eigenvalue weighted by molar-refractivity contribution is -0.186. The van der Waals surface area contributed by atoms with Gasteiger partial charge in [0.05, 0.1) is 5.60 Å². The third-order valence-corrected chi connectivity index (χ3v) is 6.15. The van der Waals surface area contributed by atoms with Gasteiger partial charge < -0.3 is 9.47 Å². The van der Waals surface area contributed by atoms with Crippen molar-refractivity contribution in [1.82, 2.24) is 0 Å². The normalized spacial score (nSPS) is 38.6. The van der Waals surface area contributed by atoms with Crippen molar-refractivity contribution in [3.05, 3.63) is 23.3 Å². The monoisotopic (exact) mass is 348 g/mol. The summed E-state index contributed by atoms with van der Waals surface area (Å²) in [5.41, 5.74) is 2.27. The molecule has 0 aliphatic carbocycles. The van der Waals surface area contributed by atoms with Crippen LogP contribution in [0.3, 0.4) is 0 Å². The zero-order chi connectivity index (χ0) is 18.7. The van der Waals surface area contributed by atoms with Crippen molar-refractivity contribution in [3.8, 4) is 0 Å². The van der Waals surface area contributed by atoms with Crippen molar-refractivity contribution in [2.24, 2.45) is 5.92 Å². The number of hydrogen-bond acceptors (Lipinski definition) is 3. The Morgan fingerprint density at radius 1 is 1.20 bits per heavy atom. The summed E-state index contributed by atoms with van der Waals surface area (Å²) in [7, 11) is 0. The molecule has 1 fully saturated rings. The second-order valence-electron chi connectivity index (χ2n) is 8.61. The van der Waals surface area contributed by atoms with Crippen LogP contribution >= 0.6 is 0 Å². The van der Waals surface area contributed by atoms with Crippen LogP contribution in [-0.4, -0.2) is 23.3 Å². The summed E-state index contributed by atoms with van der Waals surface area (Å²) in [6.45, 7) is 12.6. The molecule has 2 aliphatic rings. The van der Waals surface area contributed by atoms with E-state index < -0.39 is 5.60 Å². The lowest BCUT2D eigenvalue weighted by Crippen LogP contribution is -2.46. The van der Waals surface area contributed by atoms with Crippen molar-refractivity contribution in [2.45, 2.75) is 104 Å².